The molecule has 0 unspecified atom stereocenters. The maximum atomic E-state index is 6.21. The molecule has 0 aromatic heterocycles. The van der Waals surface area contributed by atoms with Gasteiger partial charge in [-0.15, -0.1) is 0 Å². The van der Waals surface area contributed by atoms with Gasteiger partial charge in [0, 0.05) is 30.7 Å². The van der Waals surface area contributed by atoms with Gasteiger partial charge in [0.25, 0.3) is 0 Å². The molecule has 0 spiro atoms. The molecule has 1 aromatic rings. The minimum atomic E-state index is 0.590. The van der Waals surface area contributed by atoms with Crippen LogP contribution in [-0.4, -0.2) is 26.2 Å². The third-order valence-electron chi connectivity index (χ3n) is 2.47. The molecule has 82 valence electrons. The van der Waals surface area contributed by atoms with Gasteiger partial charge in [0.2, 0.25) is 0 Å². The number of piperazine rings is 1. The average molecular weight is 310 g/mol. The lowest BCUT2D eigenvalue weighted by Gasteiger charge is -2.30. The lowest BCUT2D eigenvalue weighted by molar-refractivity contribution is 0.589. The molecule has 1 aromatic carbocycles. The Kier molecular flexibility index (Phi) is 3.78. The summed E-state index contributed by atoms with van der Waals surface area (Å²) in [6, 6.07) is 3.94. The average Bonchev–Trinajstić information content (AvgIpc) is 2.27. The van der Waals surface area contributed by atoms with Crippen LogP contribution in [0.5, 0.6) is 0 Å². The van der Waals surface area contributed by atoms with Gasteiger partial charge in [-0.1, -0.05) is 23.2 Å². The molecule has 1 aliphatic rings. The van der Waals surface area contributed by atoms with Crippen LogP contribution in [0.3, 0.4) is 0 Å². The third kappa shape index (κ3) is 2.41. The zero-order chi connectivity index (χ0) is 10.8. The molecule has 1 aliphatic heterocycles. The zero-order valence-corrected chi connectivity index (χ0v) is 11.2. The van der Waals surface area contributed by atoms with E-state index in [-0.39, 0.29) is 0 Å². The quantitative estimate of drug-likeness (QED) is 0.802. The molecule has 0 atom stereocenters. The van der Waals surface area contributed by atoms with E-state index in [0.717, 1.165) is 36.3 Å². The topological polar surface area (TPSA) is 15.3 Å². The maximum absolute atomic E-state index is 6.21. The monoisotopic (exact) mass is 308 g/mol. The number of nitrogens with zero attached hydrogens (tertiary/aromatic N) is 1. The lowest BCUT2D eigenvalue weighted by Crippen LogP contribution is -2.43. The first-order valence-corrected chi connectivity index (χ1v) is 6.34. The summed E-state index contributed by atoms with van der Waals surface area (Å²) in [6.07, 6.45) is 0. The molecule has 1 fully saturated rings. The molecule has 0 amide bonds. The Morgan fingerprint density at radius 3 is 2.47 bits per heavy atom. The molecular weight excluding hydrogens is 299 g/mol. The van der Waals surface area contributed by atoms with E-state index < -0.39 is 0 Å². The van der Waals surface area contributed by atoms with Crippen molar-refractivity contribution in [2.45, 2.75) is 0 Å². The van der Waals surface area contributed by atoms with Gasteiger partial charge in [-0.05, 0) is 28.1 Å². The van der Waals surface area contributed by atoms with Crippen LogP contribution in [0.25, 0.3) is 0 Å². The molecule has 2 nitrogen and oxygen atoms in total. The van der Waals surface area contributed by atoms with E-state index in [1.807, 2.05) is 12.1 Å². The second-order valence-electron chi connectivity index (χ2n) is 3.43. The van der Waals surface area contributed by atoms with Crippen molar-refractivity contribution in [1.29, 1.82) is 0 Å². The molecular formula is C10H11BrCl2N2. The molecule has 1 heterocycles. The van der Waals surface area contributed by atoms with E-state index >= 15 is 0 Å². The van der Waals surface area contributed by atoms with Crippen LogP contribution < -0.4 is 10.2 Å². The van der Waals surface area contributed by atoms with Crippen molar-refractivity contribution in [3.63, 3.8) is 0 Å². The third-order valence-corrected chi connectivity index (χ3v) is 4.23. The minimum absolute atomic E-state index is 0.590. The highest BCUT2D eigenvalue weighted by atomic mass is 79.9. The zero-order valence-electron chi connectivity index (χ0n) is 8.06. The highest BCUT2D eigenvalue weighted by Crippen LogP contribution is 2.37. The molecule has 0 aliphatic carbocycles. The van der Waals surface area contributed by atoms with Crippen molar-refractivity contribution in [1.82, 2.24) is 5.32 Å². The Morgan fingerprint density at radius 1 is 1.13 bits per heavy atom. The largest absolute Gasteiger partial charge is 0.368 e. The Bertz CT molecular complexity index is 365. The summed E-state index contributed by atoms with van der Waals surface area (Å²) >= 11 is 15.6. The summed E-state index contributed by atoms with van der Waals surface area (Å²) < 4.78 is 0.841. The number of rotatable bonds is 1. The minimum Gasteiger partial charge on any atom is -0.368 e. The summed E-state index contributed by atoms with van der Waals surface area (Å²) in [5, 5.41) is 4.53. The van der Waals surface area contributed by atoms with E-state index in [2.05, 4.69) is 26.1 Å². The Morgan fingerprint density at radius 2 is 1.80 bits per heavy atom. The Balaban J connectivity index is 2.31. The highest BCUT2D eigenvalue weighted by molar-refractivity contribution is 9.10. The summed E-state index contributed by atoms with van der Waals surface area (Å²) in [7, 11) is 0. The van der Waals surface area contributed by atoms with Crippen LogP contribution >= 0.6 is 39.1 Å². The lowest BCUT2D eigenvalue weighted by atomic mass is 10.2. The van der Waals surface area contributed by atoms with Gasteiger partial charge >= 0.3 is 0 Å². The van der Waals surface area contributed by atoms with Crippen molar-refractivity contribution < 1.29 is 0 Å². The van der Waals surface area contributed by atoms with Gasteiger partial charge < -0.3 is 10.2 Å². The first-order chi connectivity index (χ1) is 7.20. The molecule has 15 heavy (non-hydrogen) atoms. The molecule has 2 rings (SSSR count). The Hall–Kier alpha value is 0.0400. The van der Waals surface area contributed by atoms with Crippen LogP contribution in [0.2, 0.25) is 10.0 Å². The fraction of sp³-hybridized carbons (Fsp3) is 0.400. The summed E-state index contributed by atoms with van der Waals surface area (Å²) in [4.78, 5) is 2.25. The van der Waals surface area contributed by atoms with Crippen molar-refractivity contribution in [2.24, 2.45) is 0 Å². The van der Waals surface area contributed by atoms with Gasteiger partial charge in [-0.2, -0.15) is 0 Å². The first-order valence-electron chi connectivity index (χ1n) is 4.79. The second kappa shape index (κ2) is 4.91. The Labute approximate surface area is 108 Å². The van der Waals surface area contributed by atoms with Crippen molar-refractivity contribution in [2.75, 3.05) is 31.1 Å². The number of nitrogens with one attached hydrogen (secondary N) is 1. The summed E-state index contributed by atoms with van der Waals surface area (Å²) in [6.45, 7) is 3.92. The van der Waals surface area contributed by atoms with Gasteiger partial charge in [-0.25, -0.2) is 0 Å². The molecule has 0 radical (unpaired) electrons. The maximum Gasteiger partial charge on any atom is 0.0837 e. The van der Waals surface area contributed by atoms with E-state index in [1.165, 1.54) is 0 Å². The number of hydrogen-bond acceptors (Lipinski definition) is 2. The van der Waals surface area contributed by atoms with Crippen LogP contribution in [0.4, 0.5) is 5.69 Å². The van der Waals surface area contributed by atoms with Crippen molar-refractivity contribution >= 4 is 44.8 Å². The predicted octanol–water partition coefficient (Wildman–Crippen LogP) is 3.17. The van der Waals surface area contributed by atoms with Crippen LogP contribution in [-0.2, 0) is 0 Å². The van der Waals surface area contributed by atoms with Crippen LogP contribution in [0.15, 0.2) is 16.6 Å². The van der Waals surface area contributed by atoms with Crippen LogP contribution in [0, 0.1) is 0 Å². The van der Waals surface area contributed by atoms with E-state index in [4.69, 9.17) is 23.2 Å². The van der Waals surface area contributed by atoms with Crippen molar-refractivity contribution in [3.05, 3.63) is 26.7 Å². The first kappa shape index (κ1) is 11.5. The van der Waals surface area contributed by atoms with E-state index in [0.29, 0.717) is 10.0 Å². The standard InChI is InChI=1S/C10H11BrCl2N2/c11-7-1-2-8(10(13)9(7)12)15-5-3-14-4-6-15/h1-2,14H,3-6H2. The summed E-state index contributed by atoms with van der Waals surface area (Å²) in [5.74, 6) is 0. The second-order valence-corrected chi connectivity index (χ2v) is 5.04. The fourth-order valence-corrected chi connectivity index (χ4v) is 2.55. The number of anilines is 1. The number of benzene rings is 1. The highest BCUT2D eigenvalue weighted by Gasteiger charge is 2.16. The number of halogens is 3. The summed E-state index contributed by atoms with van der Waals surface area (Å²) in [5.41, 5.74) is 1.02. The van der Waals surface area contributed by atoms with Crippen molar-refractivity contribution in [3.8, 4) is 0 Å². The van der Waals surface area contributed by atoms with Gasteiger partial charge in [0.15, 0.2) is 0 Å². The molecule has 5 heteroatoms. The molecule has 1 N–H and O–H groups in total. The predicted molar refractivity (Wildman–Crippen MR) is 69.2 cm³/mol. The molecule has 0 bridgehead atoms. The normalized spacial score (nSPS) is 16.9. The van der Waals surface area contributed by atoms with Gasteiger partial charge in [0.1, 0.15) is 0 Å². The molecule has 0 saturated carbocycles. The van der Waals surface area contributed by atoms with E-state index in [1.54, 1.807) is 0 Å². The smallest absolute Gasteiger partial charge is 0.0837 e. The molecule has 1 saturated heterocycles. The fourth-order valence-electron chi connectivity index (χ4n) is 1.67. The number of hydrogen-bond donors (Lipinski definition) is 1. The van der Waals surface area contributed by atoms with Crippen LogP contribution in [0.1, 0.15) is 0 Å². The van der Waals surface area contributed by atoms with Gasteiger partial charge in [0.05, 0.1) is 15.7 Å². The van der Waals surface area contributed by atoms with E-state index in [9.17, 15) is 0 Å². The SMILES string of the molecule is Clc1c(Br)ccc(N2CCNCC2)c1Cl. The van der Waals surface area contributed by atoms with Gasteiger partial charge in [-0.3, -0.25) is 0 Å².